The molecule has 0 aromatic heterocycles. The molecule has 17 heavy (non-hydrogen) atoms. The maximum atomic E-state index is 5.29. The van der Waals surface area contributed by atoms with Gasteiger partial charge in [-0.15, -0.1) is 0 Å². The van der Waals surface area contributed by atoms with Crippen LogP contribution in [0.2, 0.25) is 0 Å². The Hall–Kier alpha value is -1.22. The molecule has 0 bridgehead atoms. The SMILES string of the molecule is CCN1c2ccc(OC)cc2CC1CCNC. The predicted molar refractivity (Wildman–Crippen MR) is 72.0 cm³/mol. The number of benzene rings is 1. The Labute approximate surface area is 104 Å². The van der Waals surface area contributed by atoms with Crippen LogP contribution in [0, 0.1) is 0 Å². The second-order valence-corrected chi connectivity index (χ2v) is 4.53. The van der Waals surface area contributed by atoms with Crippen LogP contribution in [0.4, 0.5) is 5.69 Å². The molecule has 3 heteroatoms. The van der Waals surface area contributed by atoms with E-state index in [4.69, 9.17) is 4.74 Å². The van der Waals surface area contributed by atoms with Crippen molar-refractivity contribution in [1.82, 2.24) is 5.32 Å². The van der Waals surface area contributed by atoms with E-state index in [9.17, 15) is 0 Å². The van der Waals surface area contributed by atoms with E-state index >= 15 is 0 Å². The van der Waals surface area contributed by atoms with Crippen molar-refractivity contribution in [2.45, 2.75) is 25.8 Å². The van der Waals surface area contributed by atoms with Crippen molar-refractivity contribution in [1.29, 1.82) is 0 Å². The first-order valence-electron chi connectivity index (χ1n) is 6.38. The van der Waals surface area contributed by atoms with Gasteiger partial charge in [0, 0.05) is 18.3 Å². The minimum absolute atomic E-state index is 0.634. The molecule has 1 aromatic carbocycles. The minimum atomic E-state index is 0.634. The molecule has 0 aliphatic carbocycles. The van der Waals surface area contributed by atoms with Gasteiger partial charge in [-0.25, -0.2) is 0 Å². The van der Waals surface area contributed by atoms with E-state index in [-0.39, 0.29) is 0 Å². The van der Waals surface area contributed by atoms with Gasteiger partial charge in [0.25, 0.3) is 0 Å². The first-order chi connectivity index (χ1) is 8.30. The molecule has 3 nitrogen and oxygen atoms in total. The molecule has 0 saturated heterocycles. The lowest BCUT2D eigenvalue weighted by Crippen LogP contribution is -2.33. The van der Waals surface area contributed by atoms with Crippen LogP contribution in [-0.2, 0) is 6.42 Å². The van der Waals surface area contributed by atoms with Crippen molar-refractivity contribution in [2.24, 2.45) is 0 Å². The summed E-state index contributed by atoms with van der Waals surface area (Å²) in [6.07, 6.45) is 2.34. The van der Waals surface area contributed by atoms with E-state index in [0.717, 1.165) is 25.3 Å². The number of hydrogen-bond acceptors (Lipinski definition) is 3. The van der Waals surface area contributed by atoms with Crippen LogP contribution in [0.5, 0.6) is 5.75 Å². The van der Waals surface area contributed by atoms with E-state index in [2.05, 4.69) is 35.3 Å². The van der Waals surface area contributed by atoms with Crippen LogP contribution in [0.15, 0.2) is 18.2 Å². The molecule has 94 valence electrons. The molecule has 2 rings (SSSR count). The first-order valence-corrected chi connectivity index (χ1v) is 6.38. The summed E-state index contributed by atoms with van der Waals surface area (Å²) in [4.78, 5) is 2.51. The van der Waals surface area contributed by atoms with Crippen LogP contribution in [0.1, 0.15) is 18.9 Å². The smallest absolute Gasteiger partial charge is 0.119 e. The molecule has 0 radical (unpaired) electrons. The maximum Gasteiger partial charge on any atom is 0.119 e. The fourth-order valence-electron chi connectivity index (χ4n) is 2.69. The van der Waals surface area contributed by atoms with E-state index in [1.807, 2.05) is 7.05 Å². The van der Waals surface area contributed by atoms with Crippen molar-refractivity contribution in [3.63, 3.8) is 0 Å². The van der Waals surface area contributed by atoms with Crippen molar-refractivity contribution in [3.8, 4) is 5.75 Å². The number of hydrogen-bond donors (Lipinski definition) is 1. The average Bonchev–Trinajstić information content (AvgIpc) is 2.72. The van der Waals surface area contributed by atoms with E-state index in [1.54, 1.807) is 7.11 Å². The number of ether oxygens (including phenoxy) is 1. The van der Waals surface area contributed by atoms with Crippen molar-refractivity contribution >= 4 is 5.69 Å². The normalized spacial score (nSPS) is 18.3. The lowest BCUT2D eigenvalue weighted by atomic mass is 10.1. The molecule has 0 saturated carbocycles. The van der Waals surface area contributed by atoms with Crippen LogP contribution >= 0.6 is 0 Å². The van der Waals surface area contributed by atoms with Gasteiger partial charge in [-0.3, -0.25) is 0 Å². The third kappa shape index (κ3) is 2.39. The van der Waals surface area contributed by atoms with Gasteiger partial charge < -0.3 is 15.0 Å². The number of methoxy groups -OCH3 is 1. The highest BCUT2D eigenvalue weighted by Crippen LogP contribution is 2.35. The predicted octanol–water partition coefficient (Wildman–Crippen LogP) is 2.06. The number of rotatable bonds is 5. The Morgan fingerprint density at radius 3 is 2.94 bits per heavy atom. The van der Waals surface area contributed by atoms with Crippen LogP contribution in [0.25, 0.3) is 0 Å². The number of likely N-dealkylation sites (N-methyl/N-ethyl adjacent to an activating group) is 1. The molecule has 0 amide bonds. The number of anilines is 1. The van der Waals surface area contributed by atoms with Gasteiger partial charge in [0.05, 0.1) is 7.11 Å². The maximum absolute atomic E-state index is 5.29. The van der Waals surface area contributed by atoms with Crippen molar-refractivity contribution < 1.29 is 4.74 Å². The van der Waals surface area contributed by atoms with E-state index in [1.165, 1.54) is 17.7 Å². The molecule has 1 unspecified atom stereocenters. The van der Waals surface area contributed by atoms with Gasteiger partial charge in [0.2, 0.25) is 0 Å². The molecular weight excluding hydrogens is 212 g/mol. The van der Waals surface area contributed by atoms with E-state index < -0.39 is 0 Å². The monoisotopic (exact) mass is 234 g/mol. The molecule has 1 N–H and O–H groups in total. The largest absolute Gasteiger partial charge is 0.497 e. The van der Waals surface area contributed by atoms with Crippen molar-refractivity contribution in [2.75, 3.05) is 32.1 Å². The Morgan fingerprint density at radius 1 is 1.47 bits per heavy atom. The lowest BCUT2D eigenvalue weighted by molar-refractivity contribution is 0.414. The highest BCUT2D eigenvalue weighted by molar-refractivity contribution is 5.61. The molecule has 1 heterocycles. The molecule has 1 aliphatic rings. The quantitative estimate of drug-likeness (QED) is 0.844. The summed E-state index contributed by atoms with van der Waals surface area (Å²) >= 11 is 0. The number of fused-ring (bicyclic) bond motifs is 1. The summed E-state index contributed by atoms with van der Waals surface area (Å²) in [6.45, 7) is 4.38. The highest BCUT2D eigenvalue weighted by Gasteiger charge is 2.27. The zero-order valence-corrected chi connectivity index (χ0v) is 11.0. The van der Waals surface area contributed by atoms with Gasteiger partial charge in [0.15, 0.2) is 0 Å². The van der Waals surface area contributed by atoms with Gasteiger partial charge in [0.1, 0.15) is 5.75 Å². The molecule has 1 aromatic rings. The van der Waals surface area contributed by atoms with E-state index in [0.29, 0.717) is 6.04 Å². The van der Waals surface area contributed by atoms with Gasteiger partial charge in [-0.1, -0.05) is 0 Å². The summed E-state index contributed by atoms with van der Waals surface area (Å²) in [5.74, 6) is 0.967. The fourth-order valence-corrected chi connectivity index (χ4v) is 2.69. The third-order valence-corrected chi connectivity index (χ3v) is 3.56. The van der Waals surface area contributed by atoms with Crippen molar-refractivity contribution in [3.05, 3.63) is 23.8 Å². The molecular formula is C14H22N2O. The second kappa shape index (κ2) is 5.41. The number of nitrogens with one attached hydrogen (secondary N) is 1. The number of nitrogens with zero attached hydrogens (tertiary/aromatic N) is 1. The Kier molecular flexibility index (Phi) is 3.89. The zero-order valence-electron chi connectivity index (χ0n) is 11.0. The highest BCUT2D eigenvalue weighted by atomic mass is 16.5. The van der Waals surface area contributed by atoms with Gasteiger partial charge in [-0.05, 0) is 57.1 Å². The zero-order chi connectivity index (χ0) is 12.3. The molecule has 1 aliphatic heterocycles. The van der Waals surface area contributed by atoms with Crippen LogP contribution in [-0.4, -0.2) is 33.3 Å². The summed E-state index contributed by atoms with van der Waals surface area (Å²) in [6, 6.07) is 7.06. The topological polar surface area (TPSA) is 24.5 Å². The summed E-state index contributed by atoms with van der Waals surface area (Å²) in [5.41, 5.74) is 2.81. The summed E-state index contributed by atoms with van der Waals surface area (Å²) < 4.78 is 5.29. The minimum Gasteiger partial charge on any atom is -0.497 e. The van der Waals surface area contributed by atoms with Gasteiger partial charge >= 0.3 is 0 Å². The Bertz CT molecular complexity index is 378. The summed E-state index contributed by atoms with van der Waals surface area (Å²) in [7, 11) is 3.74. The third-order valence-electron chi connectivity index (χ3n) is 3.56. The molecule has 0 fully saturated rings. The Morgan fingerprint density at radius 2 is 2.29 bits per heavy atom. The first kappa shape index (κ1) is 12.2. The van der Waals surface area contributed by atoms with Gasteiger partial charge in [-0.2, -0.15) is 0 Å². The average molecular weight is 234 g/mol. The van der Waals surface area contributed by atoms with Crippen LogP contribution < -0.4 is 15.0 Å². The second-order valence-electron chi connectivity index (χ2n) is 4.53. The standard InChI is InChI=1S/C14H22N2O/c1-4-16-12(7-8-15-2)9-11-10-13(17-3)5-6-14(11)16/h5-6,10,12,15H,4,7-9H2,1-3H3. The summed E-state index contributed by atoms with van der Waals surface area (Å²) in [5, 5.41) is 3.24. The fraction of sp³-hybridized carbons (Fsp3) is 0.571. The molecule has 0 spiro atoms. The van der Waals surface area contributed by atoms with Crippen LogP contribution in [0.3, 0.4) is 0 Å². The lowest BCUT2D eigenvalue weighted by Gasteiger charge is -2.26. The molecule has 1 atom stereocenters. The Balaban J connectivity index is 2.18.